The molecule has 0 radical (unpaired) electrons. The van der Waals surface area contributed by atoms with E-state index in [0.29, 0.717) is 6.04 Å². The van der Waals surface area contributed by atoms with E-state index in [-0.39, 0.29) is 0 Å². The van der Waals surface area contributed by atoms with Crippen molar-refractivity contribution in [2.75, 3.05) is 5.73 Å². The zero-order valence-corrected chi connectivity index (χ0v) is 7.62. The van der Waals surface area contributed by atoms with Crippen LogP contribution < -0.4 is 5.73 Å². The number of aromatic nitrogens is 2. The zero-order chi connectivity index (χ0) is 9.14. The summed E-state index contributed by atoms with van der Waals surface area (Å²) in [4.78, 5) is 0. The van der Waals surface area contributed by atoms with Gasteiger partial charge in [-0.3, -0.25) is 4.68 Å². The summed E-state index contributed by atoms with van der Waals surface area (Å²) in [5.74, 6) is 0. The van der Waals surface area contributed by atoms with Crippen LogP contribution in [0.4, 0.5) is 5.69 Å². The minimum Gasteiger partial charge on any atom is -0.396 e. The number of nitrogen functional groups attached to an aromatic ring is 1. The van der Waals surface area contributed by atoms with Crippen LogP contribution in [0.15, 0.2) is 18.9 Å². The molecule has 0 aliphatic carbocycles. The van der Waals surface area contributed by atoms with Crippen molar-refractivity contribution in [1.29, 1.82) is 0 Å². The van der Waals surface area contributed by atoms with Crippen molar-refractivity contribution in [2.45, 2.75) is 26.3 Å². The topological polar surface area (TPSA) is 43.8 Å². The van der Waals surface area contributed by atoms with E-state index in [1.165, 1.54) is 0 Å². The molecule has 1 heterocycles. The molecule has 0 amide bonds. The van der Waals surface area contributed by atoms with Gasteiger partial charge >= 0.3 is 0 Å². The Balaban J connectivity index is 2.87. The molecule has 0 aromatic carbocycles. The number of nitrogens with two attached hydrogens (primary N) is 1. The highest BCUT2D eigenvalue weighted by Gasteiger charge is 2.07. The van der Waals surface area contributed by atoms with Gasteiger partial charge in [-0.15, -0.1) is 6.58 Å². The fourth-order valence-corrected chi connectivity index (χ4v) is 1.22. The first-order valence-corrected chi connectivity index (χ1v) is 4.07. The molecular formula is C9H15N3. The molecular weight excluding hydrogens is 150 g/mol. The van der Waals surface area contributed by atoms with Gasteiger partial charge in [-0.25, -0.2) is 0 Å². The van der Waals surface area contributed by atoms with E-state index < -0.39 is 0 Å². The summed E-state index contributed by atoms with van der Waals surface area (Å²) in [6.07, 6.45) is 4.50. The second-order valence-corrected chi connectivity index (χ2v) is 3.00. The highest BCUT2D eigenvalue weighted by Crippen LogP contribution is 2.16. The van der Waals surface area contributed by atoms with Gasteiger partial charge in [0, 0.05) is 0 Å². The minimum absolute atomic E-state index is 0.347. The summed E-state index contributed by atoms with van der Waals surface area (Å²) in [6.45, 7) is 7.76. The lowest BCUT2D eigenvalue weighted by molar-refractivity contribution is 0.486. The van der Waals surface area contributed by atoms with Crippen molar-refractivity contribution in [3.05, 3.63) is 24.5 Å². The van der Waals surface area contributed by atoms with Crippen molar-refractivity contribution in [1.82, 2.24) is 9.78 Å². The van der Waals surface area contributed by atoms with Crippen molar-refractivity contribution >= 4 is 5.69 Å². The molecule has 1 aromatic heterocycles. The fraction of sp³-hybridized carbons (Fsp3) is 0.444. The van der Waals surface area contributed by atoms with Gasteiger partial charge in [-0.1, -0.05) is 6.08 Å². The standard InChI is InChI=1S/C9H15N3/c1-4-5-7(2)12-8(3)9(10)6-11-12/h4,6-7H,1,5,10H2,2-3H3. The van der Waals surface area contributed by atoms with Crippen LogP contribution in [0.2, 0.25) is 0 Å². The van der Waals surface area contributed by atoms with Crippen molar-refractivity contribution in [2.24, 2.45) is 0 Å². The molecule has 0 spiro atoms. The summed E-state index contributed by atoms with van der Waals surface area (Å²) >= 11 is 0. The van der Waals surface area contributed by atoms with Crippen LogP contribution in [0, 0.1) is 6.92 Å². The Morgan fingerprint density at radius 1 is 1.83 bits per heavy atom. The molecule has 3 nitrogen and oxygen atoms in total. The van der Waals surface area contributed by atoms with Gasteiger partial charge in [0.2, 0.25) is 0 Å². The molecule has 0 fully saturated rings. The molecule has 1 atom stereocenters. The molecule has 2 N–H and O–H groups in total. The third-order valence-electron chi connectivity index (χ3n) is 2.01. The highest BCUT2D eigenvalue weighted by atomic mass is 15.3. The van der Waals surface area contributed by atoms with Crippen LogP contribution in [0.25, 0.3) is 0 Å². The molecule has 1 aromatic rings. The van der Waals surface area contributed by atoms with Crippen LogP contribution in [0.1, 0.15) is 25.1 Å². The zero-order valence-electron chi connectivity index (χ0n) is 7.62. The molecule has 0 saturated carbocycles. The Hall–Kier alpha value is -1.25. The Kier molecular flexibility index (Phi) is 2.53. The summed E-state index contributed by atoms with van der Waals surface area (Å²) in [6, 6.07) is 0.347. The number of allylic oxidation sites excluding steroid dienone is 1. The van der Waals surface area contributed by atoms with Crippen molar-refractivity contribution < 1.29 is 0 Å². The van der Waals surface area contributed by atoms with Crippen LogP contribution in [-0.4, -0.2) is 9.78 Å². The van der Waals surface area contributed by atoms with Gasteiger partial charge in [0.05, 0.1) is 23.6 Å². The summed E-state index contributed by atoms with van der Waals surface area (Å²) in [5.41, 5.74) is 7.45. The average molecular weight is 165 g/mol. The monoisotopic (exact) mass is 165 g/mol. The molecule has 0 bridgehead atoms. The average Bonchev–Trinajstić information content (AvgIpc) is 2.34. The molecule has 0 aliphatic rings. The lowest BCUT2D eigenvalue weighted by Crippen LogP contribution is -2.08. The van der Waals surface area contributed by atoms with Gasteiger partial charge in [0.25, 0.3) is 0 Å². The first kappa shape index (κ1) is 8.84. The predicted molar refractivity (Wildman–Crippen MR) is 50.9 cm³/mol. The van der Waals surface area contributed by atoms with E-state index in [4.69, 9.17) is 5.73 Å². The van der Waals surface area contributed by atoms with E-state index in [2.05, 4.69) is 18.6 Å². The summed E-state index contributed by atoms with van der Waals surface area (Å²) < 4.78 is 1.93. The predicted octanol–water partition coefficient (Wildman–Crippen LogP) is 1.91. The second-order valence-electron chi connectivity index (χ2n) is 3.00. The van der Waals surface area contributed by atoms with Gasteiger partial charge in [0.1, 0.15) is 0 Å². The number of anilines is 1. The number of nitrogens with zero attached hydrogens (tertiary/aromatic N) is 2. The first-order chi connectivity index (χ1) is 5.66. The third kappa shape index (κ3) is 1.49. The minimum atomic E-state index is 0.347. The largest absolute Gasteiger partial charge is 0.396 e. The smallest absolute Gasteiger partial charge is 0.0730 e. The Morgan fingerprint density at radius 2 is 2.50 bits per heavy atom. The van der Waals surface area contributed by atoms with E-state index in [9.17, 15) is 0 Å². The van der Waals surface area contributed by atoms with E-state index >= 15 is 0 Å². The fourth-order valence-electron chi connectivity index (χ4n) is 1.22. The van der Waals surface area contributed by atoms with E-state index in [1.54, 1.807) is 6.20 Å². The number of hydrogen-bond donors (Lipinski definition) is 1. The molecule has 1 unspecified atom stereocenters. The summed E-state index contributed by atoms with van der Waals surface area (Å²) in [5, 5.41) is 4.18. The Bertz CT molecular complexity index is 275. The molecule has 1 rings (SSSR count). The maximum absolute atomic E-state index is 5.67. The normalized spacial score (nSPS) is 12.8. The lowest BCUT2D eigenvalue weighted by atomic mass is 10.2. The molecule has 66 valence electrons. The van der Waals surface area contributed by atoms with Gasteiger partial charge in [-0.2, -0.15) is 5.10 Å². The lowest BCUT2D eigenvalue weighted by Gasteiger charge is -2.11. The molecule has 3 heteroatoms. The Morgan fingerprint density at radius 3 is 2.92 bits per heavy atom. The van der Waals surface area contributed by atoms with Crippen LogP contribution in [-0.2, 0) is 0 Å². The van der Waals surface area contributed by atoms with Gasteiger partial charge < -0.3 is 5.73 Å². The highest BCUT2D eigenvalue weighted by molar-refractivity contribution is 5.39. The summed E-state index contributed by atoms with van der Waals surface area (Å²) in [7, 11) is 0. The maximum atomic E-state index is 5.67. The first-order valence-electron chi connectivity index (χ1n) is 4.07. The SMILES string of the molecule is C=CCC(C)n1ncc(N)c1C. The van der Waals surface area contributed by atoms with Crippen molar-refractivity contribution in [3.63, 3.8) is 0 Å². The van der Waals surface area contributed by atoms with Crippen LogP contribution in [0.3, 0.4) is 0 Å². The van der Waals surface area contributed by atoms with Gasteiger partial charge in [0.15, 0.2) is 0 Å². The van der Waals surface area contributed by atoms with E-state index in [0.717, 1.165) is 17.8 Å². The number of rotatable bonds is 3. The van der Waals surface area contributed by atoms with Crippen molar-refractivity contribution in [3.8, 4) is 0 Å². The molecule has 12 heavy (non-hydrogen) atoms. The van der Waals surface area contributed by atoms with Crippen LogP contribution in [0.5, 0.6) is 0 Å². The molecule has 0 aliphatic heterocycles. The Labute approximate surface area is 72.9 Å². The van der Waals surface area contributed by atoms with Gasteiger partial charge in [-0.05, 0) is 20.3 Å². The van der Waals surface area contributed by atoms with Crippen LogP contribution >= 0.6 is 0 Å². The number of hydrogen-bond acceptors (Lipinski definition) is 2. The quantitative estimate of drug-likeness (QED) is 0.695. The van der Waals surface area contributed by atoms with E-state index in [1.807, 2.05) is 17.7 Å². The third-order valence-corrected chi connectivity index (χ3v) is 2.01. The maximum Gasteiger partial charge on any atom is 0.0730 e. The second kappa shape index (κ2) is 3.43. The molecule has 0 saturated heterocycles.